The van der Waals surface area contributed by atoms with Gasteiger partial charge < -0.3 is 11.1 Å². The minimum atomic E-state index is -3.13. The summed E-state index contributed by atoms with van der Waals surface area (Å²) in [5.74, 6) is 1.85. The summed E-state index contributed by atoms with van der Waals surface area (Å²) >= 11 is 0. The Morgan fingerprint density at radius 2 is 1.81 bits per heavy atom. The van der Waals surface area contributed by atoms with E-state index in [9.17, 15) is 8.42 Å². The molecule has 120 valence electrons. The van der Waals surface area contributed by atoms with Crippen LogP contribution in [0.4, 0.5) is 11.6 Å². The molecule has 0 unspecified atom stereocenters. The molecule has 1 aromatic heterocycles. The van der Waals surface area contributed by atoms with Crippen molar-refractivity contribution in [2.24, 2.45) is 0 Å². The predicted molar refractivity (Wildman–Crippen MR) is 85.8 cm³/mol. The second kappa shape index (κ2) is 6.57. The maximum absolute atomic E-state index is 10.9. The van der Waals surface area contributed by atoms with Crippen molar-refractivity contribution in [3.05, 3.63) is 11.4 Å². The van der Waals surface area contributed by atoms with Crippen molar-refractivity contribution >= 4 is 21.7 Å². The van der Waals surface area contributed by atoms with Crippen molar-refractivity contribution in [3.63, 3.8) is 0 Å². The average Bonchev–Trinajstić information content (AvgIpc) is 2.30. The highest BCUT2D eigenvalue weighted by molar-refractivity contribution is 7.88. The second-order valence-electron chi connectivity index (χ2n) is 6.10. The lowest BCUT2D eigenvalue weighted by molar-refractivity contribution is 0.546. The summed E-state index contributed by atoms with van der Waals surface area (Å²) in [7, 11) is -3.13. The number of hydrogen-bond donors (Lipinski definition) is 3. The van der Waals surface area contributed by atoms with Crippen LogP contribution in [0.3, 0.4) is 0 Å². The fraction of sp³-hybridized carbons (Fsp3) is 0.692. The fourth-order valence-electron chi connectivity index (χ4n) is 1.59. The molecule has 1 heterocycles. The van der Waals surface area contributed by atoms with Gasteiger partial charge in [-0.2, -0.15) is 0 Å². The summed E-state index contributed by atoms with van der Waals surface area (Å²) in [6.45, 7) is 8.92. The largest absolute Gasteiger partial charge is 0.383 e. The number of rotatable bonds is 6. The number of aromatic nitrogens is 2. The molecule has 0 atom stereocenters. The summed E-state index contributed by atoms with van der Waals surface area (Å²) in [5.41, 5.74) is 6.54. The van der Waals surface area contributed by atoms with Gasteiger partial charge in [0.2, 0.25) is 10.0 Å². The summed E-state index contributed by atoms with van der Waals surface area (Å²) in [6, 6.07) is 0. The van der Waals surface area contributed by atoms with Crippen LogP contribution in [0.5, 0.6) is 0 Å². The Morgan fingerprint density at radius 3 is 2.33 bits per heavy atom. The third-order valence-electron chi connectivity index (χ3n) is 2.86. The standard InChI is InChI=1S/C13H25N5O2S/c1-9-10(14)17-12(13(2,3)4)18-11(9)15-7-6-8-16-21(5,19)20/h16H,6-8H2,1-5H3,(H3,14,15,17,18). The molecular formula is C13H25N5O2S. The van der Waals surface area contributed by atoms with Gasteiger partial charge in [0.05, 0.1) is 6.26 Å². The molecule has 0 fully saturated rings. The van der Waals surface area contributed by atoms with Crippen molar-refractivity contribution in [1.29, 1.82) is 0 Å². The summed E-state index contributed by atoms with van der Waals surface area (Å²) < 4.78 is 24.3. The van der Waals surface area contributed by atoms with Crippen LogP contribution in [-0.4, -0.2) is 37.7 Å². The molecule has 0 aliphatic carbocycles. The number of hydrogen-bond acceptors (Lipinski definition) is 6. The van der Waals surface area contributed by atoms with Crippen molar-refractivity contribution in [2.75, 3.05) is 30.4 Å². The molecule has 1 rings (SSSR count). The zero-order valence-electron chi connectivity index (χ0n) is 13.3. The first-order chi connectivity index (χ1) is 9.50. The van der Waals surface area contributed by atoms with E-state index in [-0.39, 0.29) is 5.41 Å². The maximum Gasteiger partial charge on any atom is 0.208 e. The molecular weight excluding hydrogens is 290 g/mol. The number of sulfonamides is 1. The summed E-state index contributed by atoms with van der Waals surface area (Å²) in [5, 5.41) is 3.19. The van der Waals surface area contributed by atoms with Crippen LogP contribution in [0.1, 0.15) is 38.6 Å². The lowest BCUT2D eigenvalue weighted by atomic mass is 9.95. The fourth-order valence-corrected chi connectivity index (χ4v) is 2.11. The van der Waals surface area contributed by atoms with Gasteiger partial charge >= 0.3 is 0 Å². The van der Waals surface area contributed by atoms with Crippen LogP contribution < -0.4 is 15.8 Å². The van der Waals surface area contributed by atoms with Crippen LogP contribution in [-0.2, 0) is 15.4 Å². The molecule has 0 saturated heterocycles. The zero-order chi connectivity index (χ0) is 16.3. The molecule has 21 heavy (non-hydrogen) atoms. The van der Waals surface area contributed by atoms with E-state index in [4.69, 9.17) is 5.73 Å². The molecule has 0 spiro atoms. The smallest absolute Gasteiger partial charge is 0.208 e. The Labute approximate surface area is 126 Å². The van der Waals surface area contributed by atoms with Gasteiger partial charge in [-0.1, -0.05) is 20.8 Å². The molecule has 0 amide bonds. The van der Waals surface area contributed by atoms with E-state index in [2.05, 4.69) is 20.0 Å². The van der Waals surface area contributed by atoms with Gasteiger partial charge in [0.15, 0.2) is 0 Å². The van der Waals surface area contributed by atoms with Crippen LogP contribution in [0, 0.1) is 6.92 Å². The van der Waals surface area contributed by atoms with Gasteiger partial charge in [0, 0.05) is 24.1 Å². The molecule has 1 aromatic rings. The number of anilines is 2. The van der Waals surface area contributed by atoms with Crippen molar-refractivity contribution in [1.82, 2.24) is 14.7 Å². The van der Waals surface area contributed by atoms with E-state index in [1.165, 1.54) is 0 Å². The first-order valence-electron chi connectivity index (χ1n) is 6.84. The second-order valence-corrected chi connectivity index (χ2v) is 7.94. The topological polar surface area (TPSA) is 110 Å². The third-order valence-corrected chi connectivity index (χ3v) is 3.59. The molecule has 0 saturated carbocycles. The van der Waals surface area contributed by atoms with E-state index >= 15 is 0 Å². The number of nitrogen functional groups attached to an aromatic ring is 1. The van der Waals surface area contributed by atoms with Gasteiger partial charge in [0.25, 0.3) is 0 Å². The van der Waals surface area contributed by atoms with Crippen molar-refractivity contribution in [2.45, 2.75) is 39.5 Å². The molecule has 8 heteroatoms. The number of nitrogens with zero attached hydrogens (tertiary/aromatic N) is 2. The Hall–Kier alpha value is -1.41. The van der Waals surface area contributed by atoms with E-state index in [1.807, 2.05) is 27.7 Å². The first kappa shape index (κ1) is 17.6. The monoisotopic (exact) mass is 315 g/mol. The maximum atomic E-state index is 10.9. The van der Waals surface area contributed by atoms with Crippen LogP contribution in [0.2, 0.25) is 0 Å². The number of nitrogens with one attached hydrogen (secondary N) is 2. The van der Waals surface area contributed by atoms with E-state index in [1.54, 1.807) is 0 Å². The highest BCUT2D eigenvalue weighted by Crippen LogP contribution is 2.24. The van der Waals surface area contributed by atoms with Gasteiger partial charge in [0.1, 0.15) is 17.5 Å². The molecule has 0 aliphatic heterocycles. The predicted octanol–water partition coefficient (Wildman–Crippen LogP) is 1.02. The quantitative estimate of drug-likeness (QED) is 0.676. The molecule has 4 N–H and O–H groups in total. The zero-order valence-corrected chi connectivity index (χ0v) is 14.1. The lowest BCUT2D eigenvalue weighted by Gasteiger charge is -2.19. The normalized spacial score (nSPS) is 12.4. The molecule has 0 radical (unpaired) electrons. The molecule has 7 nitrogen and oxygen atoms in total. The average molecular weight is 315 g/mol. The van der Waals surface area contributed by atoms with Gasteiger partial charge in [-0.05, 0) is 13.3 Å². The highest BCUT2D eigenvalue weighted by Gasteiger charge is 2.20. The summed E-state index contributed by atoms with van der Waals surface area (Å²) in [4.78, 5) is 8.83. The Bertz CT molecular complexity index is 593. The van der Waals surface area contributed by atoms with Gasteiger partial charge in [-0.15, -0.1) is 0 Å². The highest BCUT2D eigenvalue weighted by atomic mass is 32.2. The Kier molecular flexibility index (Phi) is 5.52. The molecule has 0 aliphatic rings. The molecule has 0 aromatic carbocycles. The minimum Gasteiger partial charge on any atom is -0.383 e. The van der Waals surface area contributed by atoms with Crippen molar-refractivity contribution < 1.29 is 8.42 Å². The number of nitrogens with two attached hydrogens (primary N) is 1. The van der Waals surface area contributed by atoms with E-state index < -0.39 is 10.0 Å². The van der Waals surface area contributed by atoms with Gasteiger partial charge in [-0.25, -0.2) is 23.1 Å². The van der Waals surface area contributed by atoms with Crippen LogP contribution >= 0.6 is 0 Å². The first-order valence-corrected chi connectivity index (χ1v) is 8.73. The summed E-state index contributed by atoms with van der Waals surface area (Å²) in [6.07, 6.45) is 1.80. The Morgan fingerprint density at radius 1 is 1.19 bits per heavy atom. The third kappa shape index (κ3) is 5.84. The minimum absolute atomic E-state index is 0.184. The van der Waals surface area contributed by atoms with Crippen LogP contribution in [0.25, 0.3) is 0 Å². The van der Waals surface area contributed by atoms with Crippen molar-refractivity contribution in [3.8, 4) is 0 Å². The lowest BCUT2D eigenvalue weighted by Crippen LogP contribution is -2.25. The SMILES string of the molecule is Cc1c(N)nc(C(C)(C)C)nc1NCCCNS(C)(=O)=O. The van der Waals surface area contributed by atoms with E-state index in [0.29, 0.717) is 37.0 Å². The van der Waals surface area contributed by atoms with Gasteiger partial charge in [-0.3, -0.25) is 0 Å². The Balaban J connectivity index is 2.69. The molecule has 0 bridgehead atoms. The van der Waals surface area contributed by atoms with Crippen LogP contribution in [0.15, 0.2) is 0 Å². The van der Waals surface area contributed by atoms with E-state index in [0.717, 1.165) is 11.8 Å².